The van der Waals surface area contributed by atoms with Crippen molar-refractivity contribution in [1.82, 2.24) is 19.7 Å². The van der Waals surface area contributed by atoms with Crippen molar-refractivity contribution in [2.45, 2.75) is 63.3 Å². The van der Waals surface area contributed by atoms with Gasteiger partial charge in [0.25, 0.3) is 5.56 Å². The van der Waals surface area contributed by atoms with Crippen LogP contribution in [0.5, 0.6) is 0 Å². The van der Waals surface area contributed by atoms with E-state index in [1.165, 1.54) is 19.3 Å². The Morgan fingerprint density at radius 2 is 1.84 bits per heavy atom. The topological polar surface area (TPSA) is 77.8 Å². The number of piperidine rings is 2. The van der Waals surface area contributed by atoms with Gasteiger partial charge in [0.05, 0.1) is 12.1 Å². The smallest absolute Gasteiger partial charge is 0.255 e. The molecule has 4 aliphatic heterocycles. The second-order valence-electron chi connectivity index (χ2n) is 9.43. The first-order valence-electron chi connectivity index (χ1n) is 11.2. The summed E-state index contributed by atoms with van der Waals surface area (Å²) < 4.78 is 2.00. The molecule has 3 fully saturated rings. The van der Waals surface area contributed by atoms with Gasteiger partial charge in [0, 0.05) is 49.9 Å². The van der Waals surface area contributed by atoms with Crippen molar-refractivity contribution in [3.63, 3.8) is 0 Å². The first-order chi connectivity index (χ1) is 14.1. The molecule has 1 aromatic rings. The number of aliphatic hydroxyl groups is 1. The lowest BCUT2D eigenvalue weighted by atomic mass is 9.82. The summed E-state index contributed by atoms with van der Waals surface area (Å²) in [4.78, 5) is 30.5. The number of likely N-dealkylation sites (tertiary alicyclic amines) is 2. The Morgan fingerprint density at radius 1 is 1.06 bits per heavy atom. The molecule has 4 atom stereocenters. The summed E-state index contributed by atoms with van der Waals surface area (Å²) in [6.45, 7) is 5.54. The number of pyridine rings is 1. The van der Waals surface area contributed by atoms with Gasteiger partial charge in [-0.3, -0.25) is 14.5 Å². The van der Waals surface area contributed by atoms with E-state index in [-0.39, 0.29) is 48.2 Å². The predicted octanol–water partition coefficient (Wildman–Crippen LogP) is 1.35. The largest absolute Gasteiger partial charge is 0.392 e. The summed E-state index contributed by atoms with van der Waals surface area (Å²) in [5, 5.41) is 12.9. The number of aliphatic hydroxyl groups excluding tert-OH is 1. The Morgan fingerprint density at radius 3 is 2.55 bits per heavy atom. The molecule has 7 nitrogen and oxygen atoms in total. The number of amides is 1. The fraction of sp³-hybridized carbons (Fsp3) is 0.727. The molecule has 5 heterocycles. The monoisotopic (exact) mass is 472 g/mol. The van der Waals surface area contributed by atoms with Gasteiger partial charge < -0.3 is 19.9 Å². The molecule has 9 heteroatoms. The van der Waals surface area contributed by atoms with Crippen LogP contribution in [0.25, 0.3) is 0 Å². The normalized spacial score (nSPS) is 30.2. The van der Waals surface area contributed by atoms with E-state index in [0.717, 1.165) is 37.3 Å². The lowest BCUT2D eigenvalue weighted by molar-refractivity contribution is -0.136. The fourth-order valence-corrected chi connectivity index (χ4v) is 5.78. The van der Waals surface area contributed by atoms with Gasteiger partial charge in [-0.05, 0) is 50.8 Å². The van der Waals surface area contributed by atoms with Crippen LogP contribution in [-0.2, 0) is 17.9 Å². The van der Waals surface area contributed by atoms with Crippen molar-refractivity contribution < 1.29 is 9.90 Å². The van der Waals surface area contributed by atoms with Gasteiger partial charge >= 0.3 is 0 Å². The van der Waals surface area contributed by atoms with Gasteiger partial charge in [-0.15, -0.1) is 24.8 Å². The highest BCUT2D eigenvalue weighted by molar-refractivity contribution is 5.85. The highest BCUT2D eigenvalue weighted by atomic mass is 35.5. The van der Waals surface area contributed by atoms with Crippen molar-refractivity contribution in [3.8, 4) is 0 Å². The molecule has 1 amide bonds. The molecule has 2 bridgehead atoms. The van der Waals surface area contributed by atoms with Crippen molar-refractivity contribution in [3.05, 3.63) is 33.7 Å². The van der Waals surface area contributed by atoms with Gasteiger partial charge in [-0.2, -0.15) is 0 Å². The number of carbonyl (C=O) groups is 1. The van der Waals surface area contributed by atoms with Crippen molar-refractivity contribution in [2.75, 3.05) is 32.7 Å². The molecule has 0 radical (unpaired) electrons. The van der Waals surface area contributed by atoms with E-state index in [0.29, 0.717) is 38.5 Å². The van der Waals surface area contributed by atoms with Crippen LogP contribution in [0.2, 0.25) is 0 Å². The van der Waals surface area contributed by atoms with Crippen molar-refractivity contribution >= 4 is 30.7 Å². The summed E-state index contributed by atoms with van der Waals surface area (Å²) in [5.41, 5.74) is 2.17. The van der Waals surface area contributed by atoms with Gasteiger partial charge in [-0.1, -0.05) is 12.5 Å². The lowest BCUT2D eigenvalue weighted by Gasteiger charge is -2.43. The van der Waals surface area contributed by atoms with E-state index in [1.807, 2.05) is 15.5 Å². The Hall–Kier alpha value is -1.12. The maximum absolute atomic E-state index is 13.2. The fourth-order valence-electron chi connectivity index (χ4n) is 5.78. The highest BCUT2D eigenvalue weighted by Gasteiger charge is 2.39. The van der Waals surface area contributed by atoms with Crippen LogP contribution < -0.4 is 10.9 Å². The number of fused-ring (bicyclic) bond motifs is 4. The third-order valence-electron chi connectivity index (χ3n) is 7.24. The number of rotatable bonds is 3. The zero-order valence-electron chi connectivity index (χ0n) is 17.9. The predicted molar refractivity (Wildman–Crippen MR) is 124 cm³/mol. The van der Waals surface area contributed by atoms with Gasteiger partial charge in [0.1, 0.15) is 0 Å². The Labute approximate surface area is 196 Å². The third kappa shape index (κ3) is 4.96. The third-order valence-corrected chi connectivity index (χ3v) is 7.24. The Balaban J connectivity index is 0.00000136. The van der Waals surface area contributed by atoms with Crippen molar-refractivity contribution in [2.24, 2.45) is 5.92 Å². The molecule has 0 spiro atoms. The number of hydrogen-bond donors (Lipinski definition) is 2. The van der Waals surface area contributed by atoms with E-state index < -0.39 is 6.10 Å². The van der Waals surface area contributed by atoms with Crippen LogP contribution >= 0.6 is 24.8 Å². The minimum atomic E-state index is -0.425. The number of carbonyl (C=O) groups excluding carboxylic acids is 1. The molecule has 0 saturated carbocycles. The summed E-state index contributed by atoms with van der Waals surface area (Å²) in [5.74, 6) is 0.669. The number of hydrogen-bond acceptors (Lipinski definition) is 5. The van der Waals surface area contributed by atoms with E-state index in [2.05, 4.69) is 16.3 Å². The molecular formula is C22H34Cl2N4O3. The average molecular weight is 473 g/mol. The number of β-amino-alcohol motifs (C(OH)–C–C–N with tert-alkyl or cyclic N) is 1. The molecular weight excluding hydrogens is 439 g/mol. The molecule has 31 heavy (non-hydrogen) atoms. The Bertz CT molecular complexity index is 843. The average Bonchev–Trinajstić information content (AvgIpc) is 3.17. The van der Waals surface area contributed by atoms with Crippen LogP contribution in [0.15, 0.2) is 16.9 Å². The molecule has 5 rings (SSSR count). The second kappa shape index (κ2) is 10.2. The summed E-state index contributed by atoms with van der Waals surface area (Å²) in [6, 6.07) is 3.89. The van der Waals surface area contributed by atoms with Gasteiger partial charge in [-0.25, -0.2) is 0 Å². The van der Waals surface area contributed by atoms with E-state index >= 15 is 0 Å². The van der Waals surface area contributed by atoms with Crippen LogP contribution in [0, 0.1) is 5.92 Å². The molecule has 0 unspecified atom stereocenters. The van der Waals surface area contributed by atoms with E-state index in [1.54, 1.807) is 0 Å². The van der Waals surface area contributed by atoms with Gasteiger partial charge in [0.15, 0.2) is 0 Å². The SMILES string of the molecule is Cl.Cl.O=C([C@@H]1C[C@@H](O)CN1)N1C[C@@H]2C[C@H](C1)c1ccc(CN3CCCCC3)c(=O)n1C2. The quantitative estimate of drug-likeness (QED) is 0.693. The van der Waals surface area contributed by atoms with Crippen LogP contribution in [0.3, 0.4) is 0 Å². The first-order valence-corrected chi connectivity index (χ1v) is 11.2. The molecule has 4 aliphatic rings. The van der Waals surface area contributed by atoms with Crippen molar-refractivity contribution in [1.29, 1.82) is 0 Å². The maximum Gasteiger partial charge on any atom is 0.255 e. The number of nitrogens with zero attached hydrogens (tertiary/aromatic N) is 3. The number of halogens is 2. The Kier molecular flexibility index (Phi) is 8.08. The van der Waals surface area contributed by atoms with Gasteiger partial charge in [0.2, 0.25) is 5.91 Å². The maximum atomic E-state index is 13.2. The van der Waals surface area contributed by atoms with Crippen LogP contribution in [-0.4, -0.2) is 70.3 Å². The summed E-state index contributed by atoms with van der Waals surface area (Å²) >= 11 is 0. The highest BCUT2D eigenvalue weighted by Crippen LogP contribution is 2.35. The summed E-state index contributed by atoms with van der Waals surface area (Å²) in [6.07, 6.45) is 4.88. The lowest BCUT2D eigenvalue weighted by Crippen LogP contribution is -2.53. The first kappa shape index (κ1) is 24.5. The van der Waals surface area contributed by atoms with E-state index in [9.17, 15) is 14.7 Å². The molecule has 174 valence electrons. The minimum absolute atomic E-state index is 0. The zero-order valence-corrected chi connectivity index (χ0v) is 19.5. The van der Waals surface area contributed by atoms with Crippen LogP contribution in [0.1, 0.15) is 49.3 Å². The summed E-state index contributed by atoms with van der Waals surface area (Å²) in [7, 11) is 0. The van der Waals surface area contributed by atoms with Crippen LogP contribution in [0.4, 0.5) is 0 Å². The molecule has 3 saturated heterocycles. The molecule has 2 N–H and O–H groups in total. The zero-order chi connectivity index (χ0) is 20.0. The number of nitrogens with one attached hydrogen (secondary N) is 1. The van der Waals surface area contributed by atoms with E-state index in [4.69, 9.17) is 0 Å². The minimum Gasteiger partial charge on any atom is -0.392 e. The second-order valence-corrected chi connectivity index (χ2v) is 9.43. The molecule has 0 aliphatic carbocycles. The number of aromatic nitrogens is 1. The molecule has 1 aromatic heterocycles. The standard InChI is InChI=1S/C22H32N4O3.2ClH/c27-18-9-19(23-10-18)22(29)25-11-15-8-17(14-25)20-5-4-16(21(28)26(20)12-15)13-24-6-2-1-3-7-24;;/h4-5,15,17-19,23,27H,1-3,6-14H2;2*1H/t15-,17+,18+,19-;;/m0../s1. The molecule has 0 aromatic carbocycles.